The Morgan fingerprint density at radius 1 is 1.00 bits per heavy atom. The summed E-state index contributed by atoms with van der Waals surface area (Å²) in [5, 5.41) is 3.62. The molecule has 5 rings (SSSR count). The molecular weight excluding hydrogens is 472 g/mol. The van der Waals surface area contributed by atoms with E-state index in [0.717, 1.165) is 39.9 Å². The first kappa shape index (κ1) is 24.5. The molecule has 2 N–H and O–H groups in total. The van der Waals surface area contributed by atoms with Crippen molar-refractivity contribution >= 4 is 27.2 Å². The van der Waals surface area contributed by atoms with Crippen molar-refractivity contribution in [2.45, 2.75) is 51.2 Å². The van der Waals surface area contributed by atoms with E-state index in [1.165, 1.54) is 0 Å². The number of aryl methyl sites for hydroxylation is 2. The summed E-state index contributed by atoms with van der Waals surface area (Å²) in [7, 11) is -3.76. The van der Waals surface area contributed by atoms with Crippen LogP contribution in [-0.2, 0) is 14.8 Å². The minimum atomic E-state index is -3.76. The zero-order valence-corrected chi connectivity index (χ0v) is 21.9. The molecule has 0 aliphatic carbocycles. The van der Waals surface area contributed by atoms with Crippen molar-refractivity contribution < 1.29 is 17.9 Å². The molecule has 188 valence electrons. The highest BCUT2D eigenvalue weighted by Crippen LogP contribution is 2.50. The third kappa shape index (κ3) is 4.53. The van der Waals surface area contributed by atoms with E-state index in [-0.39, 0.29) is 34.7 Å². The Morgan fingerprint density at radius 3 is 2.44 bits per heavy atom. The number of carbonyl (C=O) groups is 1. The summed E-state index contributed by atoms with van der Waals surface area (Å²) < 4.78 is 35.2. The van der Waals surface area contributed by atoms with Crippen molar-refractivity contribution in [3.05, 3.63) is 88.5 Å². The van der Waals surface area contributed by atoms with E-state index in [4.69, 9.17) is 4.74 Å². The summed E-state index contributed by atoms with van der Waals surface area (Å²) in [6, 6.07) is 18.6. The van der Waals surface area contributed by atoms with Gasteiger partial charge in [0.25, 0.3) is 10.0 Å². The molecule has 3 atom stereocenters. The first-order valence-corrected chi connectivity index (χ1v) is 13.9. The molecule has 2 aliphatic rings. The van der Waals surface area contributed by atoms with Crippen molar-refractivity contribution in [3.8, 4) is 0 Å². The normalized spacial score (nSPS) is 21.0. The van der Waals surface area contributed by atoms with Crippen LogP contribution in [0, 0.1) is 25.7 Å². The number of benzene rings is 3. The number of hydrogen-bond donors (Lipinski definition) is 2. The number of ether oxygens (including phenoxy) is 1. The molecule has 3 aromatic rings. The van der Waals surface area contributed by atoms with E-state index in [1.54, 1.807) is 18.2 Å². The number of rotatable bonds is 6. The molecule has 0 spiro atoms. The smallest absolute Gasteiger partial charge is 0.261 e. The fourth-order valence-corrected chi connectivity index (χ4v) is 6.24. The maximum Gasteiger partial charge on any atom is 0.261 e. The number of anilines is 2. The number of Topliss-reactive ketones (excluding diaryl/α,β-unsaturated/α-hetero) is 1. The minimum absolute atomic E-state index is 0.0179. The molecule has 6 nitrogen and oxygen atoms in total. The predicted molar refractivity (Wildman–Crippen MR) is 142 cm³/mol. The molecular formula is C29H32N2O4S. The molecule has 1 unspecified atom stereocenters. The molecule has 2 aliphatic heterocycles. The molecule has 0 radical (unpaired) electrons. The fourth-order valence-electron chi connectivity index (χ4n) is 5.15. The molecule has 0 amide bonds. The largest absolute Gasteiger partial charge is 0.378 e. The topological polar surface area (TPSA) is 84.5 Å². The van der Waals surface area contributed by atoms with Gasteiger partial charge in [-0.2, -0.15) is 0 Å². The Morgan fingerprint density at radius 2 is 1.75 bits per heavy atom. The molecule has 1 fully saturated rings. The van der Waals surface area contributed by atoms with Gasteiger partial charge in [0, 0.05) is 40.9 Å². The van der Waals surface area contributed by atoms with Gasteiger partial charge in [-0.1, -0.05) is 44.2 Å². The summed E-state index contributed by atoms with van der Waals surface area (Å²) in [6.45, 7) is 8.38. The van der Waals surface area contributed by atoms with Crippen LogP contribution in [0.5, 0.6) is 0 Å². The van der Waals surface area contributed by atoms with E-state index in [1.807, 2.05) is 70.2 Å². The van der Waals surface area contributed by atoms with Crippen molar-refractivity contribution in [3.63, 3.8) is 0 Å². The van der Waals surface area contributed by atoms with E-state index in [9.17, 15) is 13.2 Å². The Hall–Kier alpha value is -3.16. The van der Waals surface area contributed by atoms with Crippen LogP contribution in [0.3, 0.4) is 0 Å². The summed E-state index contributed by atoms with van der Waals surface area (Å²) in [5.74, 6) is 0.252. The number of carbonyl (C=O) groups excluding carboxylic acids is 1. The van der Waals surface area contributed by atoms with Crippen LogP contribution in [0.1, 0.15) is 65.0 Å². The molecule has 36 heavy (non-hydrogen) atoms. The van der Waals surface area contributed by atoms with Crippen LogP contribution in [0.15, 0.2) is 65.6 Å². The molecule has 0 saturated carbocycles. The van der Waals surface area contributed by atoms with Gasteiger partial charge in [0.2, 0.25) is 0 Å². The van der Waals surface area contributed by atoms with Crippen molar-refractivity contribution in [2.75, 3.05) is 16.6 Å². The van der Waals surface area contributed by atoms with Crippen molar-refractivity contribution in [2.24, 2.45) is 11.8 Å². The Kier molecular flexibility index (Phi) is 6.39. The Labute approximate surface area is 213 Å². The molecule has 0 aromatic heterocycles. The summed E-state index contributed by atoms with van der Waals surface area (Å²) in [5.41, 5.74) is 6.23. The van der Waals surface area contributed by atoms with E-state index in [0.29, 0.717) is 12.3 Å². The van der Waals surface area contributed by atoms with E-state index in [2.05, 4.69) is 10.0 Å². The molecule has 1 saturated heterocycles. The Balaban J connectivity index is 1.43. The number of ketones is 1. The first-order valence-electron chi connectivity index (χ1n) is 12.4. The summed E-state index contributed by atoms with van der Waals surface area (Å²) >= 11 is 0. The van der Waals surface area contributed by atoms with Gasteiger partial charge < -0.3 is 10.1 Å². The van der Waals surface area contributed by atoms with Crippen LogP contribution in [0.4, 0.5) is 11.4 Å². The van der Waals surface area contributed by atoms with Crippen LogP contribution in [0.2, 0.25) is 0 Å². The molecule has 7 heteroatoms. The van der Waals surface area contributed by atoms with Crippen molar-refractivity contribution in [1.29, 1.82) is 0 Å². The monoisotopic (exact) mass is 504 g/mol. The maximum absolute atomic E-state index is 13.2. The number of nitrogens with one attached hydrogen (secondary N) is 2. The van der Waals surface area contributed by atoms with Crippen LogP contribution >= 0.6 is 0 Å². The average Bonchev–Trinajstić information content (AvgIpc) is 3.35. The van der Waals surface area contributed by atoms with Gasteiger partial charge in [-0.3, -0.25) is 9.52 Å². The highest BCUT2D eigenvalue weighted by Gasteiger charge is 2.42. The van der Waals surface area contributed by atoms with E-state index >= 15 is 0 Å². The zero-order chi connectivity index (χ0) is 25.6. The summed E-state index contributed by atoms with van der Waals surface area (Å²) in [4.78, 5) is 12.6. The SMILES string of the molecule is Cc1ccc(NS(=O)(=O)c2ccc3c(c2)[C@H]2OCC[C@H]2C(c2ccc(C(=O)C(C)C)cc2)N3)cc1C. The standard InChI is InChI=1S/C29H32N2O4S/c1-17(2)28(32)21-8-6-20(7-9-21)27-24-13-14-35-29(24)25-16-23(11-12-26(25)30-27)36(33,34)31-22-10-5-18(3)19(4)15-22/h5-12,15-17,24,27,29-31H,13-14H2,1-4H3/t24-,27?,29-/m0/s1. The lowest BCUT2D eigenvalue weighted by Gasteiger charge is -2.36. The van der Waals surface area contributed by atoms with Crippen LogP contribution < -0.4 is 10.0 Å². The quantitative estimate of drug-likeness (QED) is 0.391. The van der Waals surface area contributed by atoms with Gasteiger partial charge in [0.1, 0.15) is 0 Å². The maximum atomic E-state index is 13.2. The average molecular weight is 505 g/mol. The van der Waals surface area contributed by atoms with Crippen LogP contribution in [-0.4, -0.2) is 20.8 Å². The first-order chi connectivity index (χ1) is 17.1. The van der Waals surface area contributed by atoms with Gasteiger partial charge in [-0.15, -0.1) is 0 Å². The van der Waals surface area contributed by atoms with Crippen molar-refractivity contribution in [1.82, 2.24) is 0 Å². The lowest BCUT2D eigenvalue weighted by molar-refractivity contribution is 0.0827. The second-order valence-electron chi connectivity index (χ2n) is 10.2. The predicted octanol–water partition coefficient (Wildman–Crippen LogP) is 6.19. The second-order valence-corrected chi connectivity index (χ2v) is 11.8. The Bertz CT molecular complexity index is 1410. The summed E-state index contributed by atoms with van der Waals surface area (Å²) in [6.07, 6.45) is 0.673. The van der Waals surface area contributed by atoms with Gasteiger partial charge in [0.15, 0.2) is 5.78 Å². The zero-order valence-electron chi connectivity index (χ0n) is 21.0. The number of hydrogen-bond acceptors (Lipinski definition) is 5. The third-order valence-electron chi connectivity index (χ3n) is 7.35. The minimum Gasteiger partial charge on any atom is -0.378 e. The van der Waals surface area contributed by atoms with Gasteiger partial charge in [-0.25, -0.2) is 8.42 Å². The van der Waals surface area contributed by atoms with E-state index < -0.39 is 10.0 Å². The van der Waals surface area contributed by atoms with Gasteiger partial charge >= 0.3 is 0 Å². The number of fused-ring (bicyclic) bond motifs is 3. The third-order valence-corrected chi connectivity index (χ3v) is 8.73. The second kappa shape index (κ2) is 9.37. The van der Waals surface area contributed by atoms with Crippen LogP contribution in [0.25, 0.3) is 0 Å². The highest BCUT2D eigenvalue weighted by atomic mass is 32.2. The lowest BCUT2D eigenvalue weighted by atomic mass is 9.81. The highest BCUT2D eigenvalue weighted by molar-refractivity contribution is 7.92. The lowest BCUT2D eigenvalue weighted by Crippen LogP contribution is -2.29. The molecule has 2 heterocycles. The van der Waals surface area contributed by atoms with Gasteiger partial charge in [0.05, 0.1) is 17.0 Å². The molecule has 0 bridgehead atoms. The molecule has 3 aromatic carbocycles. The number of sulfonamides is 1. The fraction of sp³-hybridized carbons (Fsp3) is 0.345. The van der Waals surface area contributed by atoms with Gasteiger partial charge in [-0.05, 0) is 67.3 Å².